The molecule has 0 spiro atoms. The number of hydrogen-bond donors (Lipinski definition) is 2. The Hall–Kier alpha value is -2.05. The summed E-state index contributed by atoms with van der Waals surface area (Å²) in [6.07, 6.45) is -0.765. The van der Waals surface area contributed by atoms with Crippen LogP contribution in [0.2, 0.25) is 5.02 Å². The Bertz CT molecular complexity index is 626. The summed E-state index contributed by atoms with van der Waals surface area (Å²) in [7, 11) is 0. The van der Waals surface area contributed by atoms with Crippen LogP contribution in [0.5, 0.6) is 0 Å². The van der Waals surface area contributed by atoms with Crippen LogP contribution in [0.25, 0.3) is 0 Å². The summed E-state index contributed by atoms with van der Waals surface area (Å²) in [5.41, 5.74) is 6.38. The molecular formula is C14H14ClN3O2S. The zero-order valence-electron chi connectivity index (χ0n) is 11.2. The molecule has 1 aromatic carbocycles. The second-order valence-electron chi connectivity index (χ2n) is 4.20. The first-order valence-corrected chi connectivity index (χ1v) is 7.41. The minimum absolute atomic E-state index is 0.246. The van der Waals surface area contributed by atoms with E-state index in [1.54, 1.807) is 31.2 Å². The number of nitrogens with zero attached hydrogens (tertiary/aromatic N) is 1. The average molecular weight is 324 g/mol. The van der Waals surface area contributed by atoms with Gasteiger partial charge in [-0.2, -0.15) is 0 Å². The van der Waals surface area contributed by atoms with Crippen molar-refractivity contribution in [1.29, 1.82) is 0 Å². The number of thiophene rings is 1. The van der Waals surface area contributed by atoms with Gasteiger partial charge in [-0.05, 0) is 42.6 Å². The van der Waals surface area contributed by atoms with E-state index in [0.717, 1.165) is 4.88 Å². The second-order valence-corrected chi connectivity index (χ2v) is 5.58. The molecule has 3 N–H and O–H groups in total. The lowest BCUT2D eigenvalue weighted by molar-refractivity contribution is -0.126. The van der Waals surface area contributed by atoms with Crippen LogP contribution in [-0.4, -0.2) is 17.8 Å². The molecule has 2 rings (SSSR count). The Morgan fingerprint density at radius 2 is 2.10 bits per heavy atom. The fraction of sp³-hybridized carbons (Fsp3) is 0.143. The van der Waals surface area contributed by atoms with Crippen molar-refractivity contribution >= 4 is 40.4 Å². The number of amides is 1. The van der Waals surface area contributed by atoms with Crippen LogP contribution < -0.4 is 11.1 Å². The number of rotatable bonds is 5. The Morgan fingerprint density at radius 1 is 1.38 bits per heavy atom. The van der Waals surface area contributed by atoms with Crippen LogP contribution in [0.1, 0.15) is 11.8 Å². The fourth-order valence-electron chi connectivity index (χ4n) is 1.43. The van der Waals surface area contributed by atoms with Gasteiger partial charge in [0.2, 0.25) is 6.10 Å². The Morgan fingerprint density at radius 3 is 2.71 bits per heavy atom. The number of carbonyl (C=O) groups excluding carboxylic acids is 1. The lowest BCUT2D eigenvalue weighted by atomic mass is 10.3. The standard InChI is InChI=1S/C14H14ClN3O2S/c1-9(20-18-13(16)12-3-2-8-21-12)14(19)17-11-6-4-10(15)5-7-11/h2-9H,1H3,(H2,16,18)(H,17,19). The maximum Gasteiger partial charge on any atom is 0.267 e. The Balaban J connectivity index is 1.90. The smallest absolute Gasteiger partial charge is 0.267 e. The molecule has 0 saturated heterocycles. The molecule has 1 unspecified atom stereocenters. The van der Waals surface area contributed by atoms with Gasteiger partial charge >= 0.3 is 0 Å². The molecule has 110 valence electrons. The van der Waals surface area contributed by atoms with Crippen molar-refractivity contribution in [2.45, 2.75) is 13.0 Å². The Labute approximate surface area is 131 Å². The highest BCUT2D eigenvalue weighted by atomic mass is 35.5. The molecule has 0 aliphatic rings. The van der Waals surface area contributed by atoms with Gasteiger partial charge < -0.3 is 15.9 Å². The minimum atomic E-state index is -0.765. The number of anilines is 1. The molecule has 1 amide bonds. The molecule has 0 aliphatic carbocycles. The summed E-state index contributed by atoms with van der Waals surface area (Å²) >= 11 is 7.22. The number of nitrogens with one attached hydrogen (secondary N) is 1. The fourth-order valence-corrected chi connectivity index (χ4v) is 2.17. The number of benzene rings is 1. The first-order valence-electron chi connectivity index (χ1n) is 6.16. The van der Waals surface area contributed by atoms with Crippen molar-refractivity contribution in [1.82, 2.24) is 0 Å². The highest BCUT2D eigenvalue weighted by molar-refractivity contribution is 7.12. The van der Waals surface area contributed by atoms with Gasteiger partial charge in [0.15, 0.2) is 5.84 Å². The van der Waals surface area contributed by atoms with Gasteiger partial charge in [0.25, 0.3) is 5.91 Å². The maximum absolute atomic E-state index is 11.9. The Kier molecular flexibility index (Phi) is 5.19. The summed E-state index contributed by atoms with van der Waals surface area (Å²) < 4.78 is 0. The molecule has 1 aromatic heterocycles. The van der Waals surface area contributed by atoms with E-state index in [1.807, 2.05) is 17.5 Å². The summed E-state index contributed by atoms with van der Waals surface area (Å²) in [5.74, 6) is -0.0730. The van der Waals surface area contributed by atoms with Gasteiger partial charge in [0, 0.05) is 10.7 Å². The molecule has 0 aliphatic heterocycles. The summed E-state index contributed by atoms with van der Waals surface area (Å²) in [4.78, 5) is 17.8. The molecule has 0 radical (unpaired) electrons. The summed E-state index contributed by atoms with van der Waals surface area (Å²) in [5, 5.41) is 8.95. The number of hydrogen-bond acceptors (Lipinski definition) is 4. The van der Waals surface area contributed by atoms with Gasteiger partial charge in [-0.15, -0.1) is 11.3 Å². The second kappa shape index (κ2) is 7.10. The minimum Gasteiger partial charge on any atom is -0.381 e. The van der Waals surface area contributed by atoms with E-state index in [1.165, 1.54) is 11.3 Å². The molecule has 21 heavy (non-hydrogen) atoms. The third-order valence-electron chi connectivity index (χ3n) is 2.56. The van der Waals surface area contributed by atoms with Gasteiger partial charge in [0.05, 0.1) is 4.88 Å². The zero-order chi connectivity index (χ0) is 15.2. The van der Waals surface area contributed by atoms with Crippen LogP contribution in [-0.2, 0) is 9.63 Å². The average Bonchev–Trinajstić information content (AvgIpc) is 3.01. The molecule has 0 fully saturated rings. The van der Waals surface area contributed by atoms with Crippen LogP contribution in [0.15, 0.2) is 46.9 Å². The van der Waals surface area contributed by atoms with E-state index in [-0.39, 0.29) is 11.7 Å². The van der Waals surface area contributed by atoms with Crippen molar-refractivity contribution in [3.8, 4) is 0 Å². The first-order chi connectivity index (χ1) is 10.1. The van der Waals surface area contributed by atoms with Crippen LogP contribution in [0.4, 0.5) is 5.69 Å². The van der Waals surface area contributed by atoms with E-state index < -0.39 is 6.10 Å². The molecule has 1 heterocycles. The van der Waals surface area contributed by atoms with Crippen LogP contribution >= 0.6 is 22.9 Å². The zero-order valence-corrected chi connectivity index (χ0v) is 12.8. The molecule has 1 atom stereocenters. The maximum atomic E-state index is 11.9. The van der Waals surface area contributed by atoms with Crippen molar-refractivity contribution in [3.63, 3.8) is 0 Å². The van der Waals surface area contributed by atoms with Crippen molar-refractivity contribution in [2.75, 3.05) is 5.32 Å². The molecule has 0 bridgehead atoms. The van der Waals surface area contributed by atoms with Crippen LogP contribution in [0, 0.1) is 0 Å². The monoisotopic (exact) mass is 323 g/mol. The van der Waals surface area contributed by atoms with Crippen molar-refractivity contribution < 1.29 is 9.63 Å². The summed E-state index contributed by atoms with van der Waals surface area (Å²) in [6, 6.07) is 10.5. The van der Waals surface area contributed by atoms with E-state index in [4.69, 9.17) is 22.2 Å². The van der Waals surface area contributed by atoms with Gasteiger partial charge in [-0.3, -0.25) is 4.79 Å². The van der Waals surface area contributed by atoms with Gasteiger partial charge in [-0.1, -0.05) is 22.8 Å². The number of oxime groups is 1. The number of halogens is 1. The lowest BCUT2D eigenvalue weighted by Gasteiger charge is -2.11. The van der Waals surface area contributed by atoms with Gasteiger partial charge in [0.1, 0.15) is 0 Å². The third kappa shape index (κ3) is 4.47. The molecule has 2 aromatic rings. The normalized spacial score (nSPS) is 12.8. The van der Waals surface area contributed by atoms with Crippen molar-refractivity contribution in [3.05, 3.63) is 51.7 Å². The lowest BCUT2D eigenvalue weighted by Crippen LogP contribution is -2.27. The number of nitrogens with two attached hydrogens (primary N) is 1. The molecule has 7 heteroatoms. The van der Waals surface area contributed by atoms with E-state index in [2.05, 4.69) is 10.5 Å². The summed E-state index contributed by atoms with van der Waals surface area (Å²) in [6.45, 7) is 1.59. The molecular weight excluding hydrogens is 310 g/mol. The molecule has 0 saturated carbocycles. The first kappa shape index (κ1) is 15.3. The largest absolute Gasteiger partial charge is 0.381 e. The quantitative estimate of drug-likeness (QED) is 0.504. The number of amidine groups is 1. The predicted octanol–water partition coefficient (Wildman–Crippen LogP) is 3.07. The SMILES string of the molecule is CC(O/N=C(/N)c1cccs1)C(=O)Nc1ccc(Cl)cc1. The number of carbonyl (C=O) groups is 1. The highest BCUT2D eigenvalue weighted by Gasteiger charge is 2.14. The van der Waals surface area contributed by atoms with Gasteiger partial charge in [-0.25, -0.2) is 0 Å². The predicted molar refractivity (Wildman–Crippen MR) is 85.7 cm³/mol. The van der Waals surface area contributed by atoms with E-state index in [0.29, 0.717) is 10.7 Å². The topological polar surface area (TPSA) is 76.7 Å². The van der Waals surface area contributed by atoms with Crippen LogP contribution in [0.3, 0.4) is 0 Å². The van der Waals surface area contributed by atoms with Crippen molar-refractivity contribution in [2.24, 2.45) is 10.9 Å². The van der Waals surface area contributed by atoms with E-state index in [9.17, 15) is 4.79 Å². The highest BCUT2D eigenvalue weighted by Crippen LogP contribution is 2.14. The third-order valence-corrected chi connectivity index (χ3v) is 3.71. The molecule has 5 nitrogen and oxygen atoms in total. The van der Waals surface area contributed by atoms with E-state index >= 15 is 0 Å².